The molecule has 5 nitrogen and oxygen atoms in total. The Bertz CT molecular complexity index is 719. The zero-order valence-corrected chi connectivity index (χ0v) is 15.2. The lowest BCUT2D eigenvalue weighted by molar-refractivity contribution is -0.138. The smallest absolute Gasteiger partial charge is 0.387 e. The first-order chi connectivity index (χ1) is 13.0. The molecule has 0 N–H and O–H groups in total. The molecule has 1 aromatic carbocycles. The van der Waals surface area contributed by atoms with Crippen molar-refractivity contribution < 1.29 is 23.1 Å². The van der Waals surface area contributed by atoms with Gasteiger partial charge < -0.3 is 14.5 Å². The zero-order chi connectivity index (χ0) is 19.0. The van der Waals surface area contributed by atoms with E-state index in [0.717, 1.165) is 12.3 Å². The number of ether oxygens (including phenoxy) is 1. The van der Waals surface area contributed by atoms with Crippen LogP contribution in [0.5, 0.6) is 5.75 Å². The number of nitrogens with zero attached hydrogens (tertiary/aromatic N) is 2. The highest BCUT2D eigenvalue weighted by atomic mass is 19.3. The van der Waals surface area contributed by atoms with Crippen LogP contribution in [0.3, 0.4) is 0 Å². The summed E-state index contributed by atoms with van der Waals surface area (Å²) in [5.74, 6) is 1.21. The van der Waals surface area contributed by atoms with Gasteiger partial charge in [-0.15, -0.1) is 0 Å². The Morgan fingerprint density at radius 3 is 2.33 bits per heavy atom. The Morgan fingerprint density at radius 1 is 1.00 bits per heavy atom. The fraction of sp³-hybridized carbons (Fsp3) is 0.600. The minimum Gasteiger partial charge on any atom is -0.434 e. The van der Waals surface area contributed by atoms with E-state index in [1.165, 1.54) is 31.4 Å². The van der Waals surface area contributed by atoms with Gasteiger partial charge in [0.2, 0.25) is 5.91 Å². The highest BCUT2D eigenvalue weighted by molar-refractivity contribution is 5.97. The lowest BCUT2D eigenvalue weighted by Crippen LogP contribution is -2.52. The molecule has 1 saturated heterocycles. The van der Waals surface area contributed by atoms with Crippen molar-refractivity contribution in [2.24, 2.45) is 17.8 Å². The number of hydrogen-bond donors (Lipinski definition) is 0. The minimum absolute atomic E-state index is 0.113. The highest BCUT2D eigenvalue weighted by Crippen LogP contribution is 2.48. The zero-order valence-electron chi connectivity index (χ0n) is 15.2. The third-order valence-electron chi connectivity index (χ3n) is 6.27. The van der Waals surface area contributed by atoms with Gasteiger partial charge in [-0.05, 0) is 43.2 Å². The quantitative estimate of drug-likeness (QED) is 0.809. The van der Waals surface area contributed by atoms with Crippen LogP contribution in [0.1, 0.15) is 36.0 Å². The first-order valence-electron chi connectivity index (χ1n) is 9.65. The average Bonchev–Trinajstić information content (AvgIpc) is 3.30. The summed E-state index contributed by atoms with van der Waals surface area (Å²) in [6.07, 6.45) is 4.63. The van der Waals surface area contributed by atoms with E-state index in [-0.39, 0.29) is 29.0 Å². The van der Waals surface area contributed by atoms with Gasteiger partial charge in [0.25, 0.3) is 5.91 Å². The monoisotopic (exact) mass is 378 g/mol. The second-order valence-electron chi connectivity index (χ2n) is 7.77. The summed E-state index contributed by atoms with van der Waals surface area (Å²) in [7, 11) is 0. The first-order valence-corrected chi connectivity index (χ1v) is 9.65. The maximum Gasteiger partial charge on any atom is 0.387 e. The summed E-state index contributed by atoms with van der Waals surface area (Å²) in [5.41, 5.74) is 0.130. The van der Waals surface area contributed by atoms with E-state index >= 15 is 0 Å². The van der Waals surface area contributed by atoms with Crippen molar-refractivity contribution in [3.05, 3.63) is 29.8 Å². The largest absolute Gasteiger partial charge is 0.434 e. The van der Waals surface area contributed by atoms with E-state index in [2.05, 4.69) is 4.74 Å². The van der Waals surface area contributed by atoms with Crippen LogP contribution in [0.25, 0.3) is 0 Å². The molecule has 0 aromatic heterocycles. The standard InChI is InChI=1S/C20H24F2N2O3/c21-20(22)27-17-4-2-1-3-15(17)18(25)23-7-9-24(10-8-23)19(26)16-12-13-5-6-14(16)11-13/h1-4,13-14,16,20H,5-12H2/t13-,14+,16-/m0/s1. The van der Waals surface area contributed by atoms with Crippen LogP contribution in [-0.4, -0.2) is 54.4 Å². The van der Waals surface area contributed by atoms with Crippen LogP contribution in [-0.2, 0) is 4.79 Å². The average molecular weight is 378 g/mol. The Balaban J connectivity index is 1.37. The molecular weight excluding hydrogens is 354 g/mol. The number of carbonyl (C=O) groups excluding carboxylic acids is 2. The Morgan fingerprint density at radius 2 is 1.70 bits per heavy atom. The lowest BCUT2D eigenvalue weighted by Gasteiger charge is -2.37. The highest BCUT2D eigenvalue weighted by Gasteiger charge is 2.44. The van der Waals surface area contributed by atoms with Gasteiger partial charge in [-0.3, -0.25) is 9.59 Å². The van der Waals surface area contributed by atoms with E-state index in [1.807, 2.05) is 4.90 Å². The molecule has 3 atom stereocenters. The van der Waals surface area contributed by atoms with Crippen molar-refractivity contribution in [3.8, 4) is 5.75 Å². The Labute approximate surface area is 157 Å². The van der Waals surface area contributed by atoms with E-state index in [9.17, 15) is 18.4 Å². The molecule has 2 bridgehead atoms. The molecule has 1 aromatic rings. The molecule has 1 heterocycles. The Hall–Kier alpha value is -2.18. The van der Waals surface area contributed by atoms with Gasteiger partial charge in [0.05, 0.1) is 5.56 Å². The van der Waals surface area contributed by atoms with Crippen LogP contribution in [0, 0.1) is 17.8 Å². The fourth-order valence-electron chi connectivity index (χ4n) is 4.92. The predicted molar refractivity (Wildman–Crippen MR) is 94.5 cm³/mol. The van der Waals surface area contributed by atoms with Gasteiger partial charge in [0, 0.05) is 32.1 Å². The van der Waals surface area contributed by atoms with Crippen LogP contribution >= 0.6 is 0 Å². The molecule has 0 radical (unpaired) electrons. The second-order valence-corrected chi connectivity index (χ2v) is 7.77. The number of halogens is 2. The van der Waals surface area contributed by atoms with Crippen LogP contribution in [0.15, 0.2) is 24.3 Å². The van der Waals surface area contributed by atoms with Crippen molar-refractivity contribution >= 4 is 11.8 Å². The SMILES string of the molecule is O=C(c1ccccc1OC(F)F)N1CCN(C(=O)[C@H]2C[C@H]3CC[C@@H]2C3)CC1. The molecule has 27 heavy (non-hydrogen) atoms. The predicted octanol–water partition coefficient (Wildman–Crippen LogP) is 3.01. The molecule has 3 aliphatic rings. The maximum atomic E-state index is 12.8. The number of carbonyl (C=O) groups is 2. The first kappa shape index (κ1) is 18.2. The van der Waals surface area contributed by atoms with Gasteiger partial charge >= 0.3 is 6.61 Å². The molecule has 0 spiro atoms. The van der Waals surface area contributed by atoms with Gasteiger partial charge in [-0.2, -0.15) is 8.78 Å². The normalized spacial score (nSPS) is 27.3. The molecule has 7 heteroatoms. The van der Waals surface area contributed by atoms with Crippen molar-refractivity contribution in [3.63, 3.8) is 0 Å². The van der Waals surface area contributed by atoms with Crippen molar-refractivity contribution in [2.75, 3.05) is 26.2 Å². The summed E-state index contributed by atoms with van der Waals surface area (Å²) in [6, 6.07) is 6.04. The van der Waals surface area contributed by atoms with E-state index in [4.69, 9.17) is 0 Å². The molecule has 146 valence electrons. The molecule has 2 saturated carbocycles. The van der Waals surface area contributed by atoms with Crippen molar-refractivity contribution in [1.82, 2.24) is 9.80 Å². The molecule has 3 fully saturated rings. The van der Waals surface area contributed by atoms with Crippen LogP contribution < -0.4 is 4.74 Å². The second kappa shape index (κ2) is 7.44. The van der Waals surface area contributed by atoms with E-state index in [1.54, 1.807) is 17.0 Å². The van der Waals surface area contributed by atoms with Crippen molar-refractivity contribution in [2.45, 2.75) is 32.3 Å². The number of benzene rings is 1. The Kier molecular flexibility index (Phi) is 5.02. The summed E-state index contributed by atoms with van der Waals surface area (Å²) in [6.45, 7) is -1.16. The summed E-state index contributed by atoms with van der Waals surface area (Å²) >= 11 is 0. The number of para-hydroxylation sites is 1. The van der Waals surface area contributed by atoms with Crippen LogP contribution in [0.2, 0.25) is 0 Å². The third kappa shape index (κ3) is 3.64. The topological polar surface area (TPSA) is 49.9 Å². The fourth-order valence-corrected chi connectivity index (χ4v) is 4.92. The number of amides is 2. The van der Waals surface area contributed by atoms with E-state index < -0.39 is 6.61 Å². The number of alkyl halides is 2. The number of rotatable bonds is 4. The van der Waals surface area contributed by atoms with E-state index in [0.29, 0.717) is 32.1 Å². The maximum absolute atomic E-state index is 12.8. The molecule has 2 aliphatic carbocycles. The molecule has 0 unspecified atom stereocenters. The van der Waals surface area contributed by atoms with Gasteiger partial charge in [-0.25, -0.2) is 0 Å². The summed E-state index contributed by atoms with van der Waals surface area (Å²) < 4.78 is 29.6. The number of piperazine rings is 1. The summed E-state index contributed by atoms with van der Waals surface area (Å²) in [5, 5.41) is 0. The number of hydrogen-bond acceptors (Lipinski definition) is 3. The van der Waals surface area contributed by atoms with Gasteiger partial charge in [0.15, 0.2) is 0 Å². The summed E-state index contributed by atoms with van der Waals surface area (Å²) in [4.78, 5) is 29.0. The molecular formula is C20H24F2N2O3. The lowest BCUT2D eigenvalue weighted by atomic mass is 9.87. The minimum atomic E-state index is -2.98. The number of fused-ring (bicyclic) bond motifs is 2. The van der Waals surface area contributed by atoms with Gasteiger partial charge in [0.1, 0.15) is 5.75 Å². The molecule has 2 amide bonds. The third-order valence-corrected chi connectivity index (χ3v) is 6.27. The van der Waals surface area contributed by atoms with Crippen LogP contribution in [0.4, 0.5) is 8.78 Å². The van der Waals surface area contributed by atoms with Crippen molar-refractivity contribution in [1.29, 1.82) is 0 Å². The molecule has 1 aliphatic heterocycles. The van der Waals surface area contributed by atoms with Gasteiger partial charge in [-0.1, -0.05) is 18.6 Å². The molecule has 4 rings (SSSR count).